The summed E-state index contributed by atoms with van der Waals surface area (Å²) in [5.41, 5.74) is 3.89. The molecular weight excluding hydrogens is 290 g/mol. The summed E-state index contributed by atoms with van der Waals surface area (Å²) in [4.78, 5) is 7.24. The molecule has 0 N–H and O–H groups in total. The Kier molecular flexibility index (Phi) is 5.09. The Hall–Kier alpha value is -1.30. The van der Waals surface area contributed by atoms with Gasteiger partial charge in [-0.2, -0.15) is 0 Å². The molecule has 2 heterocycles. The summed E-state index contributed by atoms with van der Waals surface area (Å²) in [7, 11) is 7.92. The van der Waals surface area contributed by atoms with E-state index in [2.05, 4.69) is 34.9 Å². The molecule has 2 aliphatic rings. The summed E-state index contributed by atoms with van der Waals surface area (Å²) in [5.74, 6) is 2.09. The predicted molar refractivity (Wildman–Crippen MR) is 92.4 cm³/mol. The van der Waals surface area contributed by atoms with Gasteiger partial charge in [0.1, 0.15) is 11.5 Å². The highest BCUT2D eigenvalue weighted by atomic mass is 16.5. The van der Waals surface area contributed by atoms with Gasteiger partial charge in [-0.25, -0.2) is 0 Å². The van der Waals surface area contributed by atoms with Crippen molar-refractivity contribution in [3.05, 3.63) is 22.8 Å². The van der Waals surface area contributed by atoms with Crippen molar-refractivity contribution >= 4 is 0 Å². The summed E-state index contributed by atoms with van der Waals surface area (Å²) in [6.07, 6.45) is 1.03. The summed E-state index contributed by atoms with van der Waals surface area (Å²) in [6.45, 7) is 7.44. The minimum absolute atomic E-state index is 0.934. The number of hydrogen-bond donors (Lipinski definition) is 0. The number of ether oxygens (including phenoxy) is 2. The molecule has 5 nitrogen and oxygen atoms in total. The Labute approximate surface area is 139 Å². The van der Waals surface area contributed by atoms with E-state index in [4.69, 9.17) is 9.47 Å². The van der Waals surface area contributed by atoms with E-state index < -0.39 is 0 Å². The highest BCUT2D eigenvalue weighted by Crippen LogP contribution is 2.38. The Morgan fingerprint density at radius 1 is 0.913 bits per heavy atom. The maximum Gasteiger partial charge on any atom is 0.127 e. The van der Waals surface area contributed by atoms with Crippen molar-refractivity contribution in [1.82, 2.24) is 14.7 Å². The summed E-state index contributed by atoms with van der Waals surface area (Å²) in [5, 5.41) is 0. The molecule has 0 bridgehead atoms. The summed E-state index contributed by atoms with van der Waals surface area (Å²) >= 11 is 0. The summed E-state index contributed by atoms with van der Waals surface area (Å²) < 4.78 is 11.5. The van der Waals surface area contributed by atoms with Gasteiger partial charge in [-0.15, -0.1) is 0 Å². The lowest BCUT2D eigenvalue weighted by Crippen LogP contribution is -2.44. The molecular formula is C18H29N3O2. The Morgan fingerprint density at radius 2 is 1.65 bits per heavy atom. The Bertz CT molecular complexity index is 554. The number of likely N-dealkylation sites (N-methyl/N-ethyl adjacent to an activating group) is 2. The molecule has 0 spiro atoms. The van der Waals surface area contributed by atoms with Crippen LogP contribution in [0.1, 0.15) is 16.7 Å². The van der Waals surface area contributed by atoms with Crippen molar-refractivity contribution in [1.29, 1.82) is 0 Å². The van der Waals surface area contributed by atoms with Gasteiger partial charge in [-0.1, -0.05) is 0 Å². The lowest BCUT2D eigenvalue weighted by atomic mass is 9.94. The van der Waals surface area contributed by atoms with Gasteiger partial charge < -0.3 is 19.3 Å². The molecule has 0 amide bonds. The van der Waals surface area contributed by atoms with E-state index in [9.17, 15) is 0 Å². The maximum absolute atomic E-state index is 5.83. The van der Waals surface area contributed by atoms with Crippen molar-refractivity contribution in [2.75, 3.05) is 61.0 Å². The minimum Gasteiger partial charge on any atom is -0.496 e. The molecule has 1 aromatic carbocycles. The van der Waals surface area contributed by atoms with Crippen LogP contribution in [0.15, 0.2) is 6.07 Å². The second kappa shape index (κ2) is 7.07. The minimum atomic E-state index is 0.934. The zero-order chi connectivity index (χ0) is 16.4. The van der Waals surface area contributed by atoms with Crippen LogP contribution in [0.5, 0.6) is 11.5 Å². The van der Waals surface area contributed by atoms with Gasteiger partial charge in [-0.3, -0.25) is 4.90 Å². The summed E-state index contributed by atoms with van der Waals surface area (Å²) in [6, 6.07) is 2.19. The molecule has 0 aromatic heterocycles. The highest BCUT2D eigenvalue weighted by Gasteiger charge is 2.25. The van der Waals surface area contributed by atoms with E-state index in [0.717, 1.165) is 63.7 Å². The third-order valence-corrected chi connectivity index (χ3v) is 5.12. The van der Waals surface area contributed by atoms with Crippen molar-refractivity contribution in [3.63, 3.8) is 0 Å². The normalized spacial score (nSPS) is 20.3. The third kappa shape index (κ3) is 3.47. The van der Waals surface area contributed by atoms with Crippen LogP contribution in [0.25, 0.3) is 0 Å². The zero-order valence-corrected chi connectivity index (χ0v) is 14.9. The van der Waals surface area contributed by atoms with Crippen LogP contribution in [0.4, 0.5) is 0 Å². The SMILES string of the molecule is COc1cc(CN2CCN(C)CC2)c(OC)c2c1CN(C)CC2. The molecule has 1 saturated heterocycles. The molecule has 23 heavy (non-hydrogen) atoms. The van der Waals surface area contributed by atoms with E-state index >= 15 is 0 Å². The van der Waals surface area contributed by atoms with E-state index in [0.29, 0.717) is 0 Å². The fraction of sp³-hybridized carbons (Fsp3) is 0.667. The molecule has 0 aliphatic carbocycles. The predicted octanol–water partition coefficient (Wildman–Crippen LogP) is 1.44. The largest absolute Gasteiger partial charge is 0.496 e. The van der Waals surface area contributed by atoms with Gasteiger partial charge in [0, 0.05) is 62.5 Å². The van der Waals surface area contributed by atoms with E-state index in [1.807, 2.05) is 0 Å². The number of methoxy groups -OCH3 is 2. The van der Waals surface area contributed by atoms with Crippen molar-refractivity contribution in [2.45, 2.75) is 19.5 Å². The van der Waals surface area contributed by atoms with Gasteiger partial charge in [0.15, 0.2) is 0 Å². The van der Waals surface area contributed by atoms with E-state index in [-0.39, 0.29) is 0 Å². The van der Waals surface area contributed by atoms with Gasteiger partial charge >= 0.3 is 0 Å². The quantitative estimate of drug-likeness (QED) is 0.837. The maximum atomic E-state index is 5.83. The number of rotatable bonds is 4. The Morgan fingerprint density at radius 3 is 2.30 bits per heavy atom. The monoisotopic (exact) mass is 319 g/mol. The first-order valence-corrected chi connectivity index (χ1v) is 8.47. The van der Waals surface area contributed by atoms with Crippen LogP contribution in [-0.2, 0) is 19.5 Å². The van der Waals surface area contributed by atoms with Gasteiger partial charge in [0.25, 0.3) is 0 Å². The van der Waals surface area contributed by atoms with Crippen LogP contribution in [-0.4, -0.2) is 75.7 Å². The fourth-order valence-corrected chi connectivity index (χ4v) is 3.68. The van der Waals surface area contributed by atoms with Crippen LogP contribution in [0, 0.1) is 0 Å². The van der Waals surface area contributed by atoms with Crippen LogP contribution < -0.4 is 9.47 Å². The first-order chi connectivity index (χ1) is 11.1. The van der Waals surface area contributed by atoms with Crippen LogP contribution in [0.3, 0.4) is 0 Å². The smallest absolute Gasteiger partial charge is 0.127 e. The van der Waals surface area contributed by atoms with Gasteiger partial charge in [0.05, 0.1) is 14.2 Å². The average molecular weight is 319 g/mol. The molecule has 0 atom stereocenters. The van der Waals surface area contributed by atoms with Crippen molar-refractivity contribution in [2.24, 2.45) is 0 Å². The van der Waals surface area contributed by atoms with Crippen LogP contribution >= 0.6 is 0 Å². The second-order valence-corrected chi connectivity index (χ2v) is 6.80. The first kappa shape index (κ1) is 16.6. The topological polar surface area (TPSA) is 28.2 Å². The standard InChI is InChI=1S/C18H29N3O2/c1-19-7-9-21(10-8-19)12-14-11-17(22-3)16-13-20(2)6-5-15(16)18(14)23-4/h11H,5-10,12-13H2,1-4H3. The third-order valence-electron chi connectivity index (χ3n) is 5.12. The lowest BCUT2D eigenvalue weighted by molar-refractivity contribution is 0.147. The number of nitrogens with zero attached hydrogens (tertiary/aromatic N) is 3. The van der Waals surface area contributed by atoms with E-state index in [1.165, 1.54) is 16.7 Å². The average Bonchev–Trinajstić information content (AvgIpc) is 2.56. The number of benzene rings is 1. The molecule has 2 aliphatic heterocycles. The lowest BCUT2D eigenvalue weighted by Gasteiger charge is -2.34. The second-order valence-electron chi connectivity index (χ2n) is 6.80. The number of piperazine rings is 1. The Balaban J connectivity index is 1.90. The fourth-order valence-electron chi connectivity index (χ4n) is 3.68. The molecule has 1 fully saturated rings. The van der Waals surface area contributed by atoms with Crippen molar-refractivity contribution in [3.8, 4) is 11.5 Å². The molecule has 0 unspecified atom stereocenters. The van der Waals surface area contributed by atoms with Gasteiger partial charge in [0.2, 0.25) is 0 Å². The number of fused-ring (bicyclic) bond motifs is 1. The molecule has 5 heteroatoms. The molecule has 128 valence electrons. The molecule has 1 aromatic rings. The first-order valence-electron chi connectivity index (χ1n) is 8.47. The molecule has 0 radical (unpaired) electrons. The molecule has 3 rings (SSSR count). The molecule has 0 saturated carbocycles. The van der Waals surface area contributed by atoms with Crippen molar-refractivity contribution < 1.29 is 9.47 Å². The highest BCUT2D eigenvalue weighted by molar-refractivity contribution is 5.54. The zero-order valence-electron chi connectivity index (χ0n) is 14.9. The number of hydrogen-bond acceptors (Lipinski definition) is 5. The van der Waals surface area contributed by atoms with E-state index in [1.54, 1.807) is 14.2 Å². The van der Waals surface area contributed by atoms with Crippen LogP contribution in [0.2, 0.25) is 0 Å². The van der Waals surface area contributed by atoms with Gasteiger partial charge in [-0.05, 0) is 26.6 Å².